The van der Waals surface area contributed by atoms with Crippen molar-refractivity contribution in [2.24, 2.45) is 4.99 Å². The molecule has 0 heterocycles. The van der Waals surface area contributed by atoms with Gasteiger partial charge in [-0.2, -0.15) is 0 Å². The summed E-state index contributed by atoms with van der Waals surface area (Å²) in [5.41, 5.74) is 1.35. The number of nitrogens with zero attached hydrogens (tertiary/aromatic N) is 2. The number of hydrogen-bond donors (Lipinski definition) is 2. The van der Waals surface area contributed by atoms with E-state index in [-0.39, 0.29) is 29.5 Å². The van der Waals surface area contributed by atoms with Crippen LogP contribution in [0.5, 0.6) is 5.75 Å². The second-order valence-electron chi connectivity index (χ2n) is 6.16. The molecule has 0 aliphatic carbocycles. The molecular formula is C17H31IN4O. The number of ether oxygens (including phenoxy) is 1. The van der Waals surface area contributed by atoms with Crippen LogP contribution in [0.25, 0.3) is 0 Å². The molecule has 0 aliphatic heterocycles. The Balaban J connectivity index is 0.00000484. The topological polar surface area (TPSA) is 48.9 Å². The molecule has 23 heavy (non-hydrogen) atoms. The minimum atomic E-state index is 0. The molecule has 5 nitrogen and oxygen atoms in total. The summed E-state index contributed by atoms with van der Waals surface area (Å²) in [5.74, 6) is 1.73. The van der Waals surface area contributed by atoms with Gasteiger partial charge in [0.25, 0.3) is 0 Å². The highest BCUT2D eigenvalue weighted by Gasteiger charge is 2.20. The molecule has 1 rings (SSSR count). The van der Waals surface area contributed by atoms with E-state index in [2.05, 4.69) is 60.6 Å². The smallest absolute Gasteiger partial charge is 0.191 e. The van der Waals surface area contributed by atoms with E-state index in [9.17, 15) is 0 Å². The van der Waals surface area contributed by atoms with Crippen LogP contribution in [0.15, 0.2) is 29.3 Å². The molecule has 0 spiro atoms. The number of guanidine groups is 1. The Morgan fingerprint density at radius 3 is 2.26 bits per heavy atom. The van der Waals surface area contributed by atoms with Gasteiger partial charge in [0.15, 0.2) is 5.96 Å². The number of benzene rings is 1. The molecule has 0 unspecified atom stereocenters. The first-order chi connectivity index (χ1) is 10.4. The van der Waals surface area contributed by atoms with E-state index < -0.39 is 0 Å². The molecule has 0 saturated carbocycles. The van der Waals surface area contributed by atoms with Crippen molar-refractivity contribution >= 4 is 29.9 Å². The van der Waals surface area contributed by atoms with Crippen LogP contribution in [0.4, 0.5) is 0 Å². The zero-order valence-corrected chi connectivity index (χ0v) is 17.5. The Kier molecular flexibility index (Phi) is 10.2. The third-order valence-electron chi connectivity index (χ3n) is 3.99. The van der Waals surface area contributed by atoms with Gasteiger partial charge in [-0.15, -0.1) is 24.0 Å². The van der Waals surface area contributed by atoms with Gasteiger partial charge in [-0.1, -0.05) is 12.1 Å². The molecule has 0 bridgehead atoms. The molecule has 1 aromatic carbocycles. The summed E-state index contributed by atoms with van der Waals surface area (Å²) in [5, 5.41) is 6.72. The average Bonchev–Trinajstić information content (AvgIpc) is 2.51. The Morgan fingerprint density at radius 2 is 1.78 bits per heavy atom. The van der Waals surface area contributed by atoms with Crippen LogP contribution in [0, 0.1) is 0 Å². The third kappa shape index (κ3) is 7.87. The van der Waals surface area contributed by atoms with Gasteiger partial charge in [0.2, 0.25) is 0 Å². The molecule has 1 aromatic rings. The van der Waals surface area contributed by atoms with Crippen molar-refractivity contribution in [3.63, 3.8) is 0 Å². The van der Waals surface area contributed by atoms with Crippen LogP contribution in [-0.2, 0) is 6.42 Å². The van der Waals surface area contributed by atoms with E-state index in [4.69, 9.17) is 4.74 Å². The molecule has 0 atom stereocenters. The van der Waals surface area contributed by atoms with Crippen LogP contribution in [0.1, 0.15) is 19.4 Å². The van der Waals surface area contributed by atoms with Gasteiger partial charge >= 0.3 is 0 Å². The lowest BCUT2D eigenvalue weighted by Crippen LogP contribution is -2.51. The van der Waals surface area contributed by atoms with Crippen molar-refractivity contribution in [2.75, 3.05) is 41.3 Å². The number of rotatable bonds is 7. The number of likely N-dealkylation sites (N-methyl/N-ethyl adjacent to an activating group) is 1. The molecule has 0 aliphatic rings. The summed E-state index contributed by atoms with van der Waals surface area (Å²) >= 11 is 0. The minimum Gasteiger partial charge on any atom is -0.497 e. The van der Waals surface area contributed by atoms with E-state index in [1.807, 2.05) is 12.1 Å². The van der Waals surface area contributed by atoms with Gasteiger partial charge in [0.1, 0.15) is 5.75 Å². The van der Waals surface area contributed by atoms with Gasteiger partial charge in [0.05, 0.1) is 7.11 Å². The van der Waals surface area contributed by atoms with Crippen molar-refractivity contribution in [2.45, 2.75) is 25.8 Å². The number of methoxy groups -OCH3 is 1. The van der Waals surface area contributed by atoms with E-state index in [0.717, 1.165) is 31.2 Å². The molecule has 0 amide bonds. The van der Waals surface area contributed by atoms with Gasteiger partial charge in [-0.3, -0.25) is 4.99 Å². The highest BCUT2D eigenvalue weighted by Crippen LogP contribution is 2.11. The Bertz CT molecular complexity index is 472. The van der Waals surface area contributed by atoms with Gasteiger partial charge in [-0.05, 0) is 52.1 Å². The van der Waals surface area contributed by atoms with Crippen molar-refractivity contribution in [3.05, 3.63) is 29.8 Å². The quantitative estimate of drug-likeness (QED) is 0.393. The number of hydrogen-bond acceptors (Lipinski definition) is 3. The lowest BCUT2D eigenvalue weighted by atomic mass is 10.0. The lowest BCUT2D eigenvalue weighted by Gasteiger charge is -2.33. The zero-order chi connectivity index (χ0) is 16.6. The maximum absolute atomic E-state index is 5.16. The largest absolute Gasteiger partial charge is 0.497 e. The normalized spacial score (nSPS) is 11.9. The van der Waals surface area contributed by atoms with Crippen LogP contribution in [0.2, 0.25) is 0 Å². The third-order valence-corrected chi connectivity index (χ3v) is 3.99. The Hall–Kier alpha value is -1.02. The summed E-state index contributed by atoms with van der Waals surface area (Å²) in [4.78, 5) is 6.46. The number of nitrogens with one attached hydrogen (secondary N) is 2. The second kappa shape index (κ2) is 10.7. The van der Waals surface area contributed by atoms with Crippen molar-refractivity contribution in [1.82, 2.24) is 15.5 Å². The van der Waals surface area contributed by atoms with E-state index >= 15 is 0 Å². The molecule has 132 valence electrons. The first-order valence-corrected chi connectivity index (χ1v) is 7.64. The minimum absolute atomic E-state index is 0. The van der Waals surface area contributed by atoms with Gasteiger partial charge in [0, 0.05) is 25.7 Å². The van der Waals surface area contributed by atoms with Crippen molar-refractivity contribution in [3.8, 4) is 5.75 Å². The fraction of sp³-hybridized carbons (Fsp3) is 0.588. The maximum atomic E-state index is 5.16. The fourth-order valence-corrected chi connectivity index (χ4v) is 1.80. The summed E-state index contributed by atoms with van der Waals surface area (Å²) in [6, 6.07) is 8.15. The van der Waals surface area contributed by atoms with Crippen LogP contribution in [0.3, 0.4) is 0 Å². The molecule has 6 heteroatoms. The summed E-state index contributed by atoms with van der Waals surface area (Å²) in [7, 11) is 7.65. The van der Waals surface area contributed by atoms with Gasteiger partial charge in [-0.25, -0.2) is 0 Å². The Morgan fingerprint density at radius 1 is 1.17 bits per heavy atom. The molecule has 0 fully saturated rings. The lowest BCUT2D eigenvalue weighted by molar-refractivity contribution is 0.197. The first kappa shape index (κ1) is 22.0. The maximum Gasteiger partial charge on any atom is 0.191 e. The molecular weight excluding hydrogens is 403 g/mol. The predicted molar refractivity (Wildman–Crippen MR) is 109 cm³/mol. The molecule has 0 saturated heterocycles. The second-order valence-corrected chi connectivity index (χ2v) is 6.16. The standard InChI is InChI=1S/C17H30N4O.HI/c1-17(2,21(4)5)13-20-16(18-3)19-12-11-14-7-9-15(22-6)10-8-14;/h7-10H,11-13H2,1-6H3,(H2,18,19,20);1H. The Labute approximate surface area is 157 Å². The van der Waals surface area contributed by atoms with Crippen LogP contribution >= 0.6 is 24.0 Å². The molecule has 0 radical (unpaired) electrons. The van der Waals surface area contributed by atoms with E-state index in [1.165, 1.54) is 5.56 Å². The highest BCUT2D eigenvalue weighted by molar-refractivity contribution is 14.0. The number of halogens is 1. The summed E-state index contributed by atoms with van der Waals surface area (Å²) in [6.45, 7) is 6.08. The van der Waals surface area contributed by atoms with Crippen LogP contribution in [-0.4, -0.2) is 57.7 Å². The monoisotopic (exact) mass is 434 g/mol. The average molecular weight is 434 g/mol. The van der Waals surface area contributed by atoms with Gasteiger partial charge < -0.3 is 20.3 Å². The zero-order valence-electron chi connectivity index (χ0n) is 15.1. The first-order valence-electron chi connectivity index (χ1n) is 7.64. The fourth-order valence-electron chi connectivity index (χ4n) is 1.80. The summed E-state index contributed by atoms with van der Waals surface area (Å²) in [6.07, 6.45) is 0.946. The van der Waals surface area contributed by atoms with Crippen molar-refractivity contribution < 1.29 is 4.74 Å². The number of aliphatic imine (C=N–C) groups is 1. The van der Waals surface area contributed by atoms with E-state index in [1.54, 1.807) is 14.2 Å². The van der Waals surface area contributed by atoms with Crippen molar-refractivity contribution in [1.29, 1.82) is 0 Å². The molecule has 2 N–H and O–H groups in total. The summed E-state index contributed by atoms with van der Waals surface area (Å²) < 4.78 is 5.16. The van der Waals surface area contributed by atoms with E-state index in [0.29, 0.717) is 0 Å². The molecule has 0 aromatic heterocycles. The van der Waals surface area contributed by atoms with Crippen LogP contribution < -0.4 is 15.4 Å². The SMILES string of the molecule is CN=C(NCCc1ccc(OC)cc1)NCC(C)(C)N(C)C.I. The highest BCUT2D eigenvalue weighted by atomic mass is 127. The predicted octanol–water partition coefficient (Wildman–Crippen LogP) is 2.36.